The monoisotopic (exact) mass is 264 g/mol. The van der Waals surface area contributed by atoms with E-state index in [0.717, 1.165) is 38.3 Å². The molecule has 1 aromatic carbocycles. The van der Waals surface area contributed by atoms with Gasteiger partial charge in [0.15, 0.2) is 0 Å². The number of nitrogens with two attached hydrogens (primary N) is 1. The number of para-hydroxylation sites is 1. The highest BCUT2D eigenvalue weighted by molar-refractivity contribution is 5.20. The number of benzene rings is 1. The van der Waals surface area contributed by atoms with E-state index in [2.05, 4.69) is 25.7 Å². The van der Waals surface area contributed by atoms with E-state index in [1.165, 1.54) is 0 Å². The van der Waals surface area contributed by atoms with Gasteiger partial charge < -0.3 is 10.5 Å². The Hall–Kier alpha value is -1.06. The molecule has 0 atom stereocenters. The molecule has 0 aromatic heterocycles. The summed E-state index contributed by atoms with van der Waals surface area (Å²) in [5, 5.41) is 0. The molecule has 0 unspecified atom stereocenters. The fraction of sp³-hybridized carbons (Fsp3) is 0.625. The third kappa shape index (κ3) is 5.62. The second-order valence-corrected chi connectivity index (χ2v) is 5.52. The first-order valence-corrected chi connectivity index (χ1v) is 7.23. The van der Waals surface area contributed by atoms with Crippen molar-refractivity contribution in [3.8, 4) is 5.75 Å². The molecule has 0 fully saturated rings. The van der Waals surface area contributed by atoms with E-state index in [0.29, 0.717) is 6.54 Å². The van der Waals surface area contributed by atoms with Crippen LogP contribution in [0.4, 0.5) is 0 Å². The smallest absolute Gasteiger partial charge is 0.119 e. The largest absolute Gasteiger partial charge is 0.494 e. The number of nitrogens with zero attached hydrogens (tertiary/aromatic N) is 1. The maximum Gasteiger partial charge on any atom is 0.119 e. The predicted molar refractivity (Wildman–Crippen MR) is 81.6 cm³/mol. The number of hydrogen-bond acceptors (Lipinski definition) is 3. The standard InChI is InChI=1S/C16H28N2O/c1-4-11-18(16(2,3)14-17)12-8-13-19-15-9-6-5-7-10-15/h5-7,9-10H,4,8,11-14,17H2,1-3H3. The summed E-state index contributed by atoms with van der Waals surface area (Å²) in [6.45, 7) is 10.2. The second-order valence-electron chi connectivity index (χ2n) is 5.52. The topological polar surface area (TPSA) is 38.5 Å². The minimum atomic E-state index is 0.0722. The Balaban J connectivity index is 2.32. The Morgan fingerprint density at radius 3 is 2.42 bits per heavy atom. The van der Waals surface area contributed by atoms with Gasteiger partial charge in [-0.2, -0.15) is 0 Å². The van der Waals surface area contributed by atoms with Crippen molar-refractivity contribution < 1.29 is 4.74 Å². The molecule has 19 heavy (non-hydrogen) atoms. The first-order chi connectivity index (χ1) is 9.10. The quantitative estimate of drug-likeness (QED) is 0.697. The summed E-state index contributed by atoms with van der Waals surface area (Å²) < 4.78 is 5.72. The van der Waals surface area contributed by atoms with Crippen LogP contribution in [0.1, 0.15) is 33.6 Å². The first-order valence-electron chi connectivity index (χ1n) is 7.23. The Morgan fingerprint density at radius 1 is 1.16 bits per heavy atom. The van der Waals surface area contributed by atoms with Crippen molar-refractivity contribution in [1.82, 2.24) is 4.90 Å². The van der Waals surface area contributed by atoms with Crippen molar-refractivity contribution in [2.75, 3.05) is 26.2 Å². The average molecular weight is 264 g/mol. The van der Waals surface area contributed by atoms with Crippen LogP contribution < -0.4 is 10.5 Å². The van der Waals surface area contributed by atoms with Gasteiger partial charge in [0.1, 0.15) is 5.75 Å². The molecule has 1 aromatic rings. The maximum absolute atomic E-state index is 5.86. The van der Waals surface area contributed by atoms with Gasteiger partial charge in [0.05, 0.1) is 6.61 Å². The summed E-state index contributed by atoms with van der Waals surface area (Å²) in [5.41, 5.74) is 5.93. The lowest BCUT2D eigenvalue weighted by Crippen LogP contribution is -2.50. The predicted octanol–water partition coefficient (Wildman–Crippen LogP) is 2.90. The van der Waals surface area contributed by atoms with Crippen LogP contribution in [0.5, 0.6) is 5.75 Å². The Morgan fingerprint density at radius 2 is 1.84 bits per heavy atom. The van der Waals surface area contributed by atoms with E-state index in [9.17, 15) is 0 Å². The van der Waals surface area contributed by atoms with Crippen LogP contribution in [-0.2, 0) is 0 Å². The molecule has 0 radical (unpaired) electrons. The summed E-state index contributed by atoms with van der Waals surface area (Å²) in [6, 6.07) is 9.98. The number of rotatable bonds is 9. The number of hydrogen-bond donors (Lipinski definition) is 1. The molecule has 3 nitrogen and oxygen atoms in total. The van der Waals surface area contributed by atoms with Crippen molar-refractivity contribution in [2.45, 2.75) is 39.2 Å². The van der Waals surface area contributed by atoms with Gasteiger partial charge in [0, 0.05) is 18.6 Å². The minimum Gasteiger partial charge on any atom is -0.494 e. The molecule has 3 heteroatoms. The SMILES string of the molecule is CCCN(CCCOc1ccccc1)C(C)(C)CN. The Labute approximate surface area is 117 Å². The molecule has 0 aliphatic heterocycles. The van der Waals surface area contributed by atoms with Crippen molar-refractivity contribution >= 4 is 0 Å². The molecule has 0 aliphatic rings. The normalized spacial score (nSPS) is 11.8. The van der Waals surface area contributed by atoms with Gasteiger partial charge in [-0.3, -0.25) is 4.90 Å². The zero-order valence-electron chi connectivity index (χ0n) is 12.6. The highest BCUT2D eigenvalue weighted by atomic mass is 16.5. The van der Waals surface area contributed by atoms with Gasteiger partial charge in [-0.1, -0.05) is 25.1 Å². The minimum absolute atomic E-state index is 0.0722. The van der Waals surface area contributed by atoms with Crippen LogP contribution in [0, 0.1) is 0 Å². The van der Waals surface area contributed by atoms with Gasteiger partial charge in [0.2, 0.25) is 0 Å². The maximum atomic E-state index is 5.86. The third-order valence-electron chi connectivity index (χ3n) is 3.43. The van der Waals surface area contributed by atoms with E-state index in [1.807, 2.05) is 30.3 Å². The van der Waals surface area contributed by atoms with Crippen molar-refractivity contribution in [2.24, 2.45) is 5.73 Å². The summed E-state index contributed by atoms with van der Waals surface area (Å²) in [5.74, 6) is 0.947. The summed E-state index contributed by atoms with van der Waals surface area (Å²) >= 11 is 0. The average Bonchev–Trinajstić information content (AvgIpc) is 2.43. The molecular weight excluding hydrogens is 236 g/mol. The Bertz CT molecular complexity index is 338. The molecule has 0 aliphatic carbocycles. The van der Waals surface area contributed by atoms with Crippen LogP contribution in [0.2, 0.25) is 0 Å². The zero-order valence-corrected chi connectivity index (χ0v) is 12.6. The van der Waals surface area contributed by atoms with Gasteiger partial charge in [-0.25, -0.2) is 0 Å². The first kappa shape index (κ1) is 16.0. The highest BCUT2D eigenvalue weighted by Crippen LogP contribution is 2.14. The molecule has 0 amide bonds. The van der Waals surface area contributed by atoms with Crippen molar-refractivity contribution in [3.05, 3.63) is 30.3 Å². The molecular formula is C16H28N2O. The lowest BCUT2D eigenvalue weighted by Gasteiger charge is -2.37. The zero-order chi connectivity index (χ0) is 14.1. The number of ether oxygens (including phenoxy) is 1. The molecule has 108 valence electrons. The van der Waals surface area contributed by atoms with E-state index in [-0.39, 0.29) is 5.54 Å². The molecule has 0 heterocycles. The van der Waals surface area contributed by atoms with Crippen molar-refractivity contribution in [3.63, 3.8) is 0 Å². The van der Waals surface area contributed by atoms with E-state index in [1.54, 1.807) is 0 Å². The molecule has 0 saturated carbocycles. The molecule has 2 N–H and O–H groups in total. The Kier molecular flexibility index (Phi) is 6.89. The lowest BCUT2D eigenvalue weighted by atomic mass is 10.0. The van der Waals surface area contributed by atoms with Crippen LogP contribution in [0.15, 0.2) is 30.3 Å². The highest BCUT2D eigenvalue weighted by Gasteiger charge is 2.23. The summed E-state index contributed by atoms with van der Waals surface area (Å²) in [6.07, 6.45) is 2.18. The van der Waals surface area contributed by atoms with E-state index < -0.39 is 0 Å². The van der Waals surface area contributed by atoms with Gasteiger partial charge in [-0.15, -0.1) is 0 Å². The molecule has 0 bridgehead atoms. The third-order valence-corrected chi connectivity index (χ3v) is 3.43. The van der Waals surface area contributed by atoms with Gasteiger partial charge in [0.25, 0.3) is 0 Å². The fourth-order valence-corrected chi connectivity index (χ4v) is 2.08. The summed E-state index contributed by atoms with van der Waals surface area (Å²) in [4.78, 5) is 2.46. The van der Waals surface area contributed by atoms with Crippen LogP contribution in [0.25, 0.3) is 0 Å². The summed E-state index contributed by atoms with van der Waals surface area (Å²) in [7, 11) is 0. The van der Waals surface area contributed by atoms with E-state index in [4.69, 9.17) is 10.5 Å². The molecule has 0 saturated heterocycles. The van der Waals surface area contributed by atoms with Crippen LogP contribution in [0.3, 0.4) is 0 Å². The van der Waals surface area contributed by atoms with Crippen LogP contribution >= 0.6 is 0 Å². The van der Waals surface area contributed by atoms with E-state index >= 15 is 0 Å². The molecule has 1 rings (SSSR count). The fourth-order valence-electron chi connectivity index (χ4n) is 2.08. The second kappa shape index (κ2) is 8.18. The van der Waals surface area contributed by atoms with Gasteiger partial charge in [-0.05, 0) is 45.4 Å². The van der Waals surface area contributed by atoms with Crippen molar-refractivity contribution in [1.29, 1.82) is 0 Å². The van der Waals surface area contributed by atoms with Gasteiger partial charge >= 0.3 is 0 Å². The lowest BCUT2D eigenvalue weighted by molar-refractivity contribution is 0.117. The van der Waals surface area contributed by atoms with Crippen LogP contribution in [-0.4, -0.2) is 36.7 Å². The molecule has 0 spiro atoms.